The molecule has 0 saturated heterocycles. The average molecular weight is 348 g/mol. The van der Waals surface area contributed by atoms with E-state index < -0.39 is 0 Å². The Morgan fingerprint density at radius 1 is 1.00 bits per heavy atom. The third-order valence-electron chi connectivity index (χ3n) is 3.89. The topological polar surface area (TPSA) is 76.1 Å². The summed E-state index contributed by atoms with van der Waals surface area (Å²) in [7, 11) is 1.60. The molecule has 1 amide bonds. The van der Waals surface area contributed by atoms with Crippen LogP contribution in [0.25, 0.3) is 0 Å². The molecule has 0 spiro atoms. The summed E-state index contributed by atoms with van der Waals surface area (Å²) in [5.74, 6) is 0.984. The minimum atomic E-state index is -0.304. The molecule has 3 aromatic rings. The van der Waals surface area contributed by atoms with Gasteiger partial charge in [0, 0.05) is 17.4 Å². The number of anilines is 3. The van der Waals surface area contributed by atoms with Crippen molar-refractivity contribution in [2.45, 2.75) is 13.8 Å². The highest BCUT2D eigenvalue weighted by Crippen LogP contribution is 2.21. The Balaban J connectivity index is 1.74. The molecule has 6 heteroatoms. The number of hydrogen-bond donors (Lipinski definition) is 2. The number of rotatable bonds is 5. The molecule has 0 radical (unpaired) electrons. The Labute approximate surface area is 152 Å². The molecule has 132 valence electrons. The van der Waals surface area contributed by atoms with Gasteiger partial charge in [-0.25, -0.2) is 9.97 Å². The van der Waals surface area contributed by atoms with Crippen LogP contribution >= 0.6 is 0 Å². The highest BCUT2D eigenvalue weighted by molar-refractivity contribution is 6.03. The number of aryl methyl sites for hydroxylation is 2. The van der Waals surface area contributed by atoms with Crippen LogP contribution in [0.4, 0.5) is 17.2 Å². The van der Waals surface area contributed by atoms with Crippen LogP contribution in [-0.4, -0.2) is 23.0 Å². The summed E-state index contributed by atoms with van der Waals surface area (Å²) in [6.45, 7) is 4.07. The molecular formula is C20H20N4O2. The Hall–Kier alpha value is -3.41. The fraction of sp³-hybridized carbons (Fsp3) is 0.150. The minimum Gasteiger partial charge on any atom is -0.497 e. The van der Waals surface area contributed by atoms with E-state index in [9.17, 15) is 4.79 Å². The summed E-state index contributed by atoms with van der Waals surface area (Å²) in [6.07, 6.45) is 1.37. The Morgan fingerprint density at radius 3 is 2.46 bits per heavy atom. The van der Waals surface area contributed by atoms with E-state index in [2.05, 4.69) is 26.7 Å². The summed E-state index contributed by atoms with van der Waals surface area (Å²) >= 11 is 0. The van der Waals surface area contributed by atoms with Gasteiger partial charge in [-0.3, -0.25) is 4.79 Å². The smallest absolute Gasteiger partial charge is 0.274 e. The number of amides is 1. The molecule has 0 aliphatic heterocycles. The fourth-order valence-electron chi connectivity index (χ4n) is 2.51. The van der Waals surface area contributed by atoms with Gasteiger partial charge in [-0.1, -0.05) is 17.7 Å². The van der Waals surface area contributed by atoms with Gasteiger partial charge in [-0.2, -0.15) is 0 Å². The molecule has 0 unspecified atom stereocenters. The van der Waals surface area contributed by atoms with Gasteiger partial charge < -0.3 is 15.4 Å². The number of ether oxygens (including phenoxy) is 1. The lowest BCUT2D eigenvalue weighted by molar-refractivity contribution is 0.102. The second kappa shape index (κ2) is 7.65. The molecule has 0 aliphatic carbocycles. The van der Waals surface area contributed by atoms with Gasteiger partial charge in [0.05, 0.1) is 7.11 Å². The third kappa shape index (κ3) is 4.16. The van der Waals surface area contributed by atoms with Crippen molar-refractivity contribution < 1.29 is 9.53 Å². The monoisotopic (exact) mass is 348 g/mol. The van der Waals surface area contributed by atoms with Gasteiger partial charge in [0.2, 0.25) is 0 Å². The molecule has 6 nitrogen and oxygen atoms in total. The summed E-state index contributed by atoms with van der Waals surface area (Å²) in [6, 6.07) is 14.8. The van der Waals surface area contributed by atoms with E-state index >= 15 is 0 Å². The van der Waals surface area contributed by atoms with Crippen molar-refractivity contribution in [1.82, 2.24) is 9.97 Å². The first-order chi connectivity index (χ1) is 12.5. The van der Waals surface area contributed by atoms with Crippen LogP contribution in [0.1, 0.15) is 21.6 Å². The van der Waals surface area contributed by atoms with E-state index in [1.54, 1.807) is 37.4 Å². The van der Waals surface area contributed by atoms with Crippen molar-refractivity contribution in [3.8, 4) is 5.75 Å². The number of carbonyl (C=O) groups excluding carboxylic acids is 1. The fourth-order valence-corrected chi connectivity index (χ4v) is 2.51. The lowest BCUT2D eigenvalue weighted by Gasteiger charge is -2.10. The molecule has 2 aromatic carbocycles. The highest BCUT2D eigenvalue weighted by atomic mass is 16.5. The van der Waals surface area contributed by atoms with Crippen LogP contribution in [0, 0.1) is 13.8 Å². The van der Waals surface area contributed by atoms with Crippen LogP contribution < -0.4 is 15.4 Å². The molecular weight excluding hydrogens is 328 g/mol. The number of benzene rings is 2. The third-order valence-corrected chi connectivity index (χ3v) is 3.89. The van der Waals surface area contributed by atoms with Gasteiger partial charge in [-0.05, 0) is 49.7 Å². The summed E-state index contributed by atoms with van der Waals surface area (Å²) in [5, 5.41) is 6.03. The number of aromatic nitrogens is 2. The second-order valence-corrected chi connectivity index (χ2v) is 5.91. The molecule has 0 bridgehead atoms. The van der Waals surface area contributed by atoms with Gasteiger partial charge >= 0.3 is 0 Å². The van der Waals surface area contributed by atoms with Crippen molar-refractivity contribution in [1.29, 1.82) is 0 Å². The van der Waals surface area contributed by atoms with E-state index in [1.165, 1.54) is 11.9 Å². The van der Waals surface area contributed by atoms with E-state index in [-0.39, 0.29) is 11.6 Å². The lowest BCUT2D eigenvalue weighted by atomic mass is 10.1. The first-order valence-corrected chi connectivity index (χ1v) is 8.17. The van der Waals surface area contributed by atoms with Crippen molar-refractivity contribution in [3.05, 3.63) is 71.7 Å². The minimum absolute atomic E-state index is 0.281. The van der Waals surface area contributed by atoms with Gasteiger partial charge in [0.25, 0.3) is 5.91 Å². The van der Waals surface area contributed by atoms with Crippen LogP contribution in [0.3, 0.4) is 0 Å². The quantitative estimate of drug-likeness (QED) is 0.726. The standard InChI is InChI=1S/C20H20N4O2/c1-13-4-9-17(14(2)10-13)24-19-11-18(21-12-22-19)20(25)23-15-5-7-16(26-3)8-6-15/h4-12H,1-3H3,(H,23,25)(H,21,22,24). The molecule has 1 heterocycles. The molecule has 0 atom stereocenters. The Kier molecular flexibility index (Phi) is 5.12. The predicted octanol–water partition coefficient (Wildman–Crippen LogP) is 4.10. The predicted molar refractivity (Wildman–Crippen MR) is 102 cm³/mol. The number of carbonyl (C=O) groups is 1. The molecule has 1 aromatic heterocycles. The van der Waals surface area contributed by atoms with Gasteiger partial charge in [-0.15, -0.1) is 0 Å². The van der Waals surface area contributed by atoms with Gasteiger partial charge in [0.1, 0.15) is 23.6 Å². The first kappa shape index (κ1) is 17.4. The molecule has 0 aliphatic rings. The van der Waals surface area contributed by atoms with E-state index in [1.807, 2.05) is 26.0 Å². The maximum Gasteiger partial charge on any atom is 0.274 e. The maximum atomic E-state index is 12.4. The molecule has 0 saturated carbocycles. The molecule has 3 rings (SSSR count). The van der Waals surface area contributed by atoms with Crippen LogP contribution in [-0.2, 0) is 0 Å². The first-order valence-electron chi connectivity index (χ1n) is 8.17. The highest BCUT2D eigenvalue weighted by Gasteiger charge is 2.10. The molecule has 2 N–H and O–H groups in total. The van der Waals surface area contributed by atoms with Crippen LogP contribution in [0.15, 0.2) is 54.9 Å². The van der Waals surface area contributed by atoms with Crippen molar-refractivity contribution in [3.63, 3.8) is 0 Å². The van der Waals surface area contributed by atoms with Crippen LogP contribution in [0.5, 0.6) is 5.75 Å². The normalized spacial score (nSPS) is 10.3. The van der Waals surface area contributed by atoms with Gasteiger partial charge in [0.15, 0.2) is 0 Å². The second-order valence-electron chi connectivity index (χ2n) is 5.91. The van der Waals surface area contributed by atoms with Crippen LogP contribution in [0.2, 0.25) is 0 Å². The van der Waals surface area contributed by atoms with Crippen molar-refractivity contribution in [2.75, 3.05) is 17.7 Å². The van der Waals surface area contributed by atoms with Crippen molar-refractivity contribution in [2.24, 2.45) is 0 Å². The zero-order valence-electron chi connectivity index (χ0n) is 14.9. The number of hydrogen-bond acceptors (Lipinski definition) is 5. The SMILES string of the molecule is COc1ccc(NC(=O)c2cc(Nc3ccc(C)cc3C)ncn2)cc1. The maximum absolute atomic E-state index is 12.4. The largest absolute Gasteiger partial charge is 0.497 e. The van der Waals surface area contributed by atoms with Crippen molar-refractivity contribution >= 4 is 23.1 Å². The zero-order valence-corrected chi connectivity index (χ0v) is 14.9. The molecule has 0 fully saturated rings. The summed E-state index contributed by atoms with van der Waals surface area (Å²) in [5.41, 5.74) is 4.18. The number of nitrogens with zero attached hydrogens (tertiary/aromatic N) is 2. The Morgan fingerprint density at radius 2 is 1.77 bits per heavy atom. The average Bonchev–Trinajstić information content (AvgIpc) is 2.65. The summed E-state index contributed by atoms with van der Waals surface area (Å²) < 4.78 is 5.11. The lowest BCUT2D eigenvalue weighted by Crippen LogP contribution is -2.14. The Bertz CT molecular complexity index is 923. The number of methoxy groups -OCH3 is 1. The van der Waals surface area contributed by atoms with E-state index in [0.717, 1.165) is 17.0 Å². The van der Waals surface area contributed by atoms with E-state index in [4.69, 9.17) is 4.74 Å². The molecule has 26 heavy (non-hydrogen) atoms. The zero-order chi connectivity index (χ0) is 18.5. The summed E-state index contributed by atoms with van der Waals surface area (Å²) in [4.78, 5) is 20.7. The van der Waals surface area contributed by atoms with E-state index in [0.29, 0.717) is 11.5 Å². The number of nitrogens with one attached hydrogen (secondary N) is 2.